The van der Waals surface area contributed by atoms with Gasteiger partial charge in [0.05, 0.1) is 10.7 Å². The molecule has 1 aromatic heterocycles. The molecular formula is C11H7BrCl2N2O2S. The third-order valence-corrected chi connectivity index (χ3v) is 5.24. The predicted octanol–water partition coefficient (Wildman–Crippen LogP) is 3.95. The first-order chi connectivity index (χ1) is 8.90. The minimum atomic E-state index is -3.79. The SMILES string of the molecule is O=S(=O)(Nc1ccc(Br)c(Cl)c1)c1cccnc1Cl. The lowest BCUT2D eigenvalue weighted by Gasteiger charge is -2.09. The number of hydrogen-bond donors (Lipinski definition) is 1. The van der Waals surface area contributed by atoms with Crippen molar-refractivity contribution < 1.29 is 8.42 Å². The zero-order chi connectivity index (χ0) is 14.0. The summed E-state index contributed by atoms with van der Waals surface area (Å²) >= 11 is 14.9. The van der Waals surface area contributed by atoms with E-state index in [4.69, 9.17) is 23.2 Å². The van der Waals surface area contributed by atoms with Crippen molar-refractivity contribution >= 4 is 54.8 Å². The van der Waals surface area contributed by atoms with Crippen molar-refractivity contribution in [3.05, 3.63) is 51.2 Å². The van der Waals surface area contributed by atoms with Gasteiger partial charge in [-0.15, -0.1) is 0 Å². The van der Waals surface area contributed by atoms with E-state index in [9.17, 15) is 8.42 Å². The third kappa shape index (κ3) is 3.39. The van der Waals surface area contributed by atoms with Crippen molar-refractivity contribution in [3.8, 4) is 0 Å². The van der Waals surface area contributed by atoms with E-state index >= 15 is 0 Å². The molecule has 0 unspecified atom stereocenters. The lowest BCUT2D eigenvalue weighted by molar-refractivity contribution is 0.601. The Morgan fingerprint density at radius 1 is 1.21 bits per heavy atom. The maximum atomic E-state index is 12.1. The molecular weight excluding hydrogens is 375 g/mol. The zero-order valence-electron chi connectivity index (χ0n) is 9.27. The van der Waals surface area contributed by atoms with E-state index in [0.717, 1.165) is 0 Å². The van der Waals surface area contributed by atoms with E-state index in [-0.39, 0.29) is 10.0 Å². The normalized spacial score (nSPS) is 11.3. The quantitative estimate of drug-likeness (QED) is 0.818. The van der Waals surface area contributed by atoms with Gasteiger partial charge in [-0.05, 0) is 46.3 Å². The average Bonchev–Trinajstić information content (AvgIpc) is 2.34. The zero-order valence-corrected chi connectivity index (χ0v) is 13.2. The number of halogens is 3. The van der Waals surface area contributed by atoms with Gasteiger partial charge in [-0.1, -0.05) is 23.2 Å². The van der Waals surface area contributed by atoms with E-state index in [1.165, 1.54) is 24.4 Å². The molecule has 1 N–H and O–H groups in total. The summed E-state index contributed by atoms with van der Waals surface area (Å²) in [4.78, 5) is 3.64. The lowest BCUT2D eigenvalue weighted by Crippen LogP contribution is -2.13. The molecule has 0 spiro atoms. The number of sulfonamides is 1. The fraction of sp³-hybridized carbons (Fsp3) is 0. The first-order valence-electron chi connectivity index (χ1n) is 4.98. The molecule has 1 aromatic carbocycles. The first-order valence-corrected chi connectivity index (χ1v) is 8.02. The minimum Gasteiger partial charge on any atom is -0.279 e. The standard InChI is InChI=1S/C11H7BrCl2N2O2S/c12-8-4-3-7(6-9(8)13)16-19(17,18)10-2-1-5-15-11(10)14/h1-6,16H. The van der Waals surface area contributed by atoms with E-state index in [1.807, 2.05) is 0 Å². The molecule has 19 heavy (non-hydrogen) atoms. The van der Waals surface area contributed by atoms with Crippen molar-refractivity contribution in [2.45, 2.75) is 4.90 Å². The van der Waals surface area contributed by atoms with Crippen LogP contribution < -0.4 is 4.72 Å². The number of pyridine rings is 1. The van der Waals surface area contributed by atoms with Gasteiger partial charge in [-0.3, -0.25) is 4.72 Å². The Balaban J connectivity index is 2.37. The van der Waals surface area contributed by atoms with Crippen LogP contribution in [0.1, 0.15) is 0 Å². The third-order valence-electron chi connectivity index (χ3n) is 2.19. The molecule has 100 valence electrons. The van der Waals surface area contributed by atoms with Gasteiger partial charge in [0, 0.05) is 10.7 Å². The maximum Gasteiger partial charge on any atom is 0.264 e. The van der Waals surface area contributed by atoms with Gasteiger partial charge in [-0.2, -0.15) is 0 Å². The monoisotopic (exact) mass is 380 g/mol. The number of nitrogens with one attached hydrogen (secondary N) is 1. The van der Waals surface area contributed by atoms with Crippen LogP contribution in [0.2, 0.25) is 10.2 Å². The highest BCUT2D eigenvalue weighted by Gasteiger charge is 2.18. The van der Waals surface area contributed by atoms with Crippen LogP contribution in [0.3, 0.4) is 0 Å². The summed E-state index contributed by atoms with van der Waals surface area (Å²) in [5.74, 6) is 0. The van der Waals surface area contributed by atoms with Crippen molar-refractivity contribution in [1.82, 2.24) is 4.98 Å². The highest BCUT2D eigenvalue weighted by Crippen LogP contribution is 2.27. The van der Waals surface area contributed by atoms with Gasteiger partial charge in [-0.25, -0.2) is 13.4 Å². The van der Waals surface area contributed by atoms with Crippen LogP contribution in [0.25, 0.3) is 0 Å². The van der Waals surface area contributed by atoms with Crippen LogP contribution >= 0.6 is 39.1 Å². The molecule has 0 aliphatic carbocycles. The van der Waals surface area contributed by atoms with Crippen LogP contribution in [0.4, 0.5) is 5.69 Å². The van der Waals surface area contributed by atoms with Crippen molar-refractivity contribution in [2.24, 2.45) is 0 Å². The predicted molar refractivity (Wildman–Crippen MR) is 79.2 cm³/mol. The summed E-state index contributed by atoms with van der Waals surface area (Å²) in [6.07, 6.45) is 1.41. The molecule has 0 saturated carbocycles. The Hall–Kier alpha value is -0.820. The van der Waals surface area contributed by atoms with Crippen LogP contribution in [-0.4, -0.2) is 13.4 Å². The number of anilines is 1. The van der Waals surface area contributed by atoms with E-state index in [0.29, 0.717) is 15.2 Å². The number of aromatic nitrogens is 1. The van der Waals surface area contributed by atoms with Crippen molar-refractivity contribution in [1.29, 1.82) is 0 Å². The highest BCUT2D eigenvalue weighted by molar-refractivity contribution is 9.10. The van der Waals surface area contributed by atoms with Gasteiger partial charge in [0.1, 0.15) is 10.0 Å². The van der Waals surface area contributed by atoms with E-state index in [2.05, 4.69) is 25.6 Å². The van der Waals surface area contributed by atoms with E-state index < -0.39 is 10.0 Å². The Bertz CT molecular complexity index is 722. The summed E-state index contributed by atoms with van der Waals surface area (Å²) in [6.45, 7) is 0. The molecule has 2 rings (SSSR count). The number of rotatable bonds is 3. The average molecular weight is 382 g/mol. The molecule has 0 fully saturated rings. The molecule has 0 aliphatic rings. The van der Waals surface area contributed by atoms with Crippen LogP contribution in [-0.2, 0) is 10.0 Å². The number of hydrogen-bond acceptors (Lipinski definition) is 3. The van der Waals surface area contributed by atoms with Crippen LogP contribution in [0.5, 0.6) is 0 Å². The van der Waals surface area contributed by atoms with Gasteiger partial charge in [0.2, 0.25) is 0 Å². The molecule has 4 nitrogen and oxygen atoms in total. The molecule has 0 radical (unpaired) electrons. The molecule has 8 heteroatoms. The molecule has 0 bridgehead atoms. The first kappa shape index (κ1) is 14.6. The second-order valence-electron chi connectivity index (χ2n) is 3.53. The number of benzene rings is 1. The van der Waals surface area contributed by atoms with Crippen LogP contribution in [0.15, 0.2) is 45.9 Å². The molecule has 0 aliphatic heterocycles. The topological polar surface area (TPSA) is 59.1 Å². The molecule has 1 heterocycles. The summed E-state index contributed by atoms with van der Waals surface area (Å²) < 4.78 is 27.3. The fourth-order valence-corrected chi connectivity index (χ4v) is 3.27. The summed E-state index contributed by atoms with van der Waals surface area (Å²) in [6, 6.07) is 7.59. The van der Waals surface area contributed by atoms with E-state index in [1.54, 1.807) is 12.1 Å². The summed E-state index contributed by atoms with van der Waals surface area (Å²) in [5, 5.41) is 0.315. The Morgan fingerprint density at radius 3 is 2.58 bits per heavy atom. The Kier molecular flexibility index (Phi) is 4.35. The molecule has 0 atom stereocenters. The smallest absolute Gasteiger partial charge is 0.264 e. The van der Waals surface area contributed by atoms with Crippen LogP contribution in [0, 0.1) is 0 Å². The molecule has 2 aromatic rings. The highest BCUT2D eigenvalue weighted by atomic mass is 79.9. The van der Waals surface area contributed by atoms with Crippen molar-refractivity contribution in [3.63, 3.8) is 0 Å². The molecule has 0 amide bonds. The largest absolute Gasteiger partial charge is 0.279 e. The minimum absolute atomic E-state index is 0.0850. The summed E-state index contributed by atoms with van der Waals surface area (Å²) in [5.41, 5.74) is 0.341. The maximum absolute atomic E-state index is 12.1. The van der Waals surface area contributed by atoms with Gasteiger partial charge in [0.15, 0.2) is 0 Å². The Labute approximate surface area is 128 Å². The van der Waals surface area contributed by atoms with Crippen molar-refractivity contribution in [2.75, 3.05) is 4.72 Å². The fourth-order valence-electron chi connectivity index (χ4n) is 1.34. The summed E-state index contributed by atoms with van der Waals surface area (Å²) in [7, 11) is -3.79. The second-order valence-corrected chi connectivity index (χ2v) is 6.80. The Morgan fingerprint density at radius 2 is 1.95 bits per heavy atom. The second kappa shape index (κ2) is 5.66. The molecule has 0 saturated heterocycles. The number of nitrogens with zero attached hydrogens (tertiary/aromatic N) is 1. The van der Waals surface area contributed by atoms with Gasteiger partial charge < -0.3 is 0 Å². The lowest BCUT2D eigenvalue weighted by atomic mass is 10.3. The van der Waals surface area contributed by atoms with Gasteiger partial charge in [0.25, 0.3) is 10.0 Å². The van der Waals surface area contributed by atoms with Gasteiger partial charge >= 0.3 is 0 Å².